The molecule has 0 radical (unpaired) electrons. The summed E-state index contributed by atoms with van der Waals surface area (Å²) in [5.74, 6) is -0.766. The van der Waals surface area contributed by atoms with Gasteiger partial charge in [0.25, 0.3) is 0 Å². The van der Waals surface area contributed by atoms with Crippen molar-refractivity contribution in [3.63, 3.8) is 0 Å². The minimum Gasteiger partial charge on any atom is -0.480 e. The number of aliphatic carboxylic acids is 1. The van der Waals surface area contributed by atoms with Crippen molar-refractivity contribution in [2.75, 3.05) is 13.1 Å². The third kappa shape index (κ3) is 2.88. The summed E-state index contributed by atoms with van der Waals surface area (Å²) >= 11 is 0. The highest BCUT2D eigenvalue weighted by molar-refractivity contribution is 5.69. The lowest BCUT2D eigenvalue weighted by molar-refractivity contribution is -0.138. The van der Waals surface area contributed by atoms with E-state index >= 15 is 0 Å². The van der Waals surface area contributed by atoms with Gasteiger partial charge in [0.2, 0.25) is 0 Å². The van der Waals surface area contributed by atoms with Crippen LogP contribution in [0.25, 0.3) is 0 Å². The van der Waals surface area contributed by atoms with Crippen LogP contribution in [0.2, 0.25) is 0 Å². The van der Waals surface area contributed by atoms with Crippen LogP contribution in [-0.4, -0.2) is 34.0 Å². The van der Waals surface area contributed by atoms with Gasteiger partial charge in [-0.25, -0.2) is 0 Å². The number of aromatic nitrogens is 1. The van der Waals surface area contributed by atoms with Gasteiger partial charge in [-0.05, 0) is 11.6 Å². The molecule has 0 aliphatic carbocycles. The summed E-state index contributed by atoms with van der Waals surface area (Å²) in [5, 5.41) is 8.81. The number of carboxylic acids is 1. The van der Waals surface area contributed by atoms with Crippen LogP contribution >= 0.6 is 0 Å². The van der Waals surface area contributed by atoms with E-state index in [9.17, 15) is 4.79 Å². The van der Waals surface area contributed by atoms with Crippen LogP contribution in [0.5, 0.6) is 0 Å². The zero-order valence-electron chi connectivity index (χ0n) is 11.2. The Hall–Kier alpha value is -1.42. The number of pyridine rings is 1. The van der Waals surface area contributed by atoms with Crippen molar-refractivity contribution < 1.29 is 9.90 Å². The molecule has 0 fully saturated rings. The number of nitrogens with zero attached hydrogens (tertiary/aromatic N) is 2. The van der Waals surface area contributed by atoms with Gasteiger partial charge in [0.1, 0.15) is 0 Å². The fourth-order valence-corrected chi connectivity index (χ4v) is 2.22. The number of fused-ring (bicyclic) bond motifs is 1. The van der Waals surface area contributed by atoms with Crippen LogP contribution in [0.15, 0.2) is 12.1 Å². The Morgan fingerprint density at radius 3 is 2.78 bits per heavy atom. The molecule has 1 aromatic rings. The summed E-state index contributed by atoms with van der Waals surface area (Å²) in [6.45, 7) is 8.04. The molecule has 0 bridgehead atoms. The highest BCUT2D eigenvalue weighted by Crippen LogP contribution is 2.24. The number of carboxylic acid groups (broad SMARTS) is 1. The standard InChI is InChI=1S/C14H20N2O2/c1-14(2,3)12-5-4-10-8-16(9-13(17)18)7-6-11(10)15-12/h4-5H,6-9H2,1-3H3,(H,17,18). The van der Waals surface area contributed by atoms with E-state index in [1.165, 1.54) is 0 Å². The van der Waals surface area contributed by atoms with Crippen molar-refractivity contribution in [1.29, 1.82) is 0 Å². The molecule has 18 heavy (non-hydrogen) atoms. The Morgan fingerprint density at radius 2 is 2.17 bits per heavy atom. The topological polar surface area (TPSA) is 53.4 Å². The lowest BCUT2D eigenvalue weighted by atomic mass is 9.90. The first-order valence-corrected chi connectivity index (χ1v) is 6.29. The van der Waals surface area contributed by atoms with Gasteiger partial charge in [-0.2, -0.15) is 0 Å². The molecule has 0 amide bonds. The third-order valence-electron chi connectivity index (χ3n) is 3.25. The highest BCUT2D eigenvalue weighted by atomic mass is 16.4. The first-order chi connectivity index (χ1) is 8.36. The largest absolute Gasteiger partial charge is 0.480 e. The SMILES string of the molecule is CC(C)(C)c1ccc2c(n1)CCN(CC(=O)O)C2. The molecule has 0 saturated heterocycles. The van der Waals surface area contributed by atoms with Gasteiger partial charge in [-0.3, -0.25) is 14.7 Å². The summed E-state index contributed by atoms with van der Waals surface area (Å²) in [6.07, 6.45) is 0.840. The number of rotatable bonds is 2. The summed E-state index contributed by atoms with van der Waals surface area (Å²) < 4.78 is 0. The molecule has 1 aliphatic heterocycles. The van der Waals surface area contributed by atoms with Gasteiger partial charge in [-0.1, -0.05) is 26.8 Å². The summed E-state index contributed by atoms with van der Waals surface area (Å²) in [4.78, 5) is 17.4. The maximum absolute atomic E-state index is 10.7. The van der Waals surface area contributed by atoms with Crippen LogP contribution in [0.3, 0.4) is 0 Å². The van der Waals surface area contributed by atoms with Crippen molar-refractivity contribution in [1.82, 2.24) is 9.88 Å². The van der Waals surface area contributed by atoms with Crippen molar-refractivity contribution in [3.8, 4) is 0 Å². The maximum Gasteiger partial charge on any atom is 0.317 e. The second-order valence-electron chi connectivity index (χ2n) is 5.91. The fraction of sp³-hybridized carbons (Fsp3) is 0.571. The molecule has 4 heteroatoms. The third-order valence-corrected chi connectivity index (χ3v) is 3.25. The first-order valence-electron chi connectivity index (χ1n) is 6.29. The van der Waals surface area contributed by atoms with E-state index in [4.69, 9.17) is 10.1 Å². The molecule has 2 heterocycles. The molecule has 1 aliphatic rings. The molecule has 2 rings (SSSR count). The zero-order chi connectivity index (χ0) is 13.3. The zero-order valence-corrected chi connectivity index (χ0v) is 11.2. The second kappa shape index (κ2) is 4.69. The molecule has 0 spiro atoms. The Morgan fingerprint density at radius 1 is 1.44 bits per heavy atom. The van der Waals surface area contributed by atoms with E-state index in [0.29, 0.717) is 6.54 Å². The van der Waals surface area contributed by atoms with Gasteiger partial charge in [0, 0.05) is 36.3 Å². The summed E-state index contributed by atoms with van der Waals surface area (Å²) in [5.41, 5.74) is 3.46. The van der Waals surface area contributed by atoms with Crippen molar-refractivity contribution in [2.24, 2.45) is 0 Å². The van der Waals surface area contributed by atoms with Crippen molar-refractivity contribution >= 4 is 5.97 Å². The Bertz CT molecular complexity index is 463. The van der Waals surface area contributed by atoms with Gasteiger partial charge in [-0.15, -0.1) is 0 Å². The molecule has 98 valence electrons. The summed E-state index contributed by atoms with van der Waals surface area (Å²) in [6, 6.07) is 4.15. The number of hydrogen-bond donors (Lipinski definition) is 1. The van der Waals surface area contributed by atoms with Crippen LogP contribution in [0.1, 0.15) is 37.7 Å². The minimum atomic E-state index is -0.766. The molecule has 0 aromatic carbocycles. The molecule has 1 N–H and O–H groups in total. The van der Waals surface area contributed by atoms with Gasteiger partial charge in [0.15, 0.2) is 0 Å². The average Bonchev–Trinajstić information content (AvgIpc) is 2.26. The van der Waals surface area contributed by atoms with E-state index < -0.39 is 5.97 Å². The Kier molecular flexibility index (Phi) is 3.39. The van der Waals surface area contributed by atoms with E-state index in [-0.39, 0.29) is 12.0 Å². The second-order valence-corrected chi connectivity index (χ2v) is 5.91. The van der Waals surface area contributed by atoms with Crippen LogP contribution in [-0.2, 0) is 23.2 Å². The lowest BCUT2D eigenvalue weighted by Crippen LogP contribution is -2.35. The molecule has 0 unspecified atom stereocenters. The molecular weight excluding hydrogens is 228 g/mol. The molecule has 0 saturated carbocycles. The van der Waals surface area contributed by atoms with Gasteiger partial charge >= 0.3 is 5.97 Å². The van der Waals surface area contributed by atoms with Crippen LogP contribution in [0, 0.1) is 0 Å². The Balaban J connectivity index is 2.18. The quantitative estimate of drug-likeness (QED) is 0.867. The highest BCUT2D eigenvalue weighted by Gasteiger charge is 2.22. The minimum absolute atomic E-state index is 0.0627. The lowest BCUT2D eigenvalue weighted by Gasteiger charge is -2.28. The smallest absolute Gasteiger partial charge is 0.317 e. The van der Waals surface area contributed by atoms with Crippen molar-refractivity contribution in [3.05, 3.63) is 29.1 Å². The van der Waals surface area contributed by atoms with Crippen molar-refractivity contribution in [2.45, 2.75) is 39.2 Å². The molecule has 0 atom stereocenters. The van der Waals surface area contributed by atoms with Gasteiger partial charge < -0.3 is 5.11 Å². The van der Waals surface area contributed by atoms with Crippen LogP contribution < -0.4 is 0 Å². The van der Waals surface area contributed by atoms with E-state index in [1.54, 1.807) is 0 Å². The Labute approximate surface area is 108 Å². The predicted molar refractivity (Wildman–Crippen MR) is 69.6 cm³/mol. The molecule has 4 nitrogen and oxygen atoms in total. The molecular formula is C14H20N2O2. The van der Waals surface area contributed by atoms with E-state index in [1.807, 2.05) is 4.90 Å². The van der Waals surface area contributed by atoms with E-state index in [2.05, 4.69) is 32.9 Å². The number of carbonyl (C=O) groups is 1. The molecule has 1 aromatic heterocycles. The van der Waals surface area contributed by atoms with Crippen LogP contribution in [0.4, 0.5) is 0 Å². The number of hydrogen-bond acceptors (Lipinski definition) is 3. The normalized spacial score (nSPS) is 16.4. The average molecular weight is 248 g/mol. The monoisotopic (exact) mass is 248 g/mol. The van der Waals surface area contributed by atoms with E-state index in [0.717, 1.165) is 29.9 Å². The first kappa shape index (κ1) is 13.0. The predicted octanol–water partition coefficient (Wildman–Crippen LogP) is 1.82. The fourth-order valence-electron chi connectivity index (χ4n) is 2.22. The van der Waals surface area contributed by atoms with Gasteiger partial charge in [0.05, 0.1) is 6.54 Å². The maximum atomic E-state index is 10.7. The summed E-state index contributed by atoms with van der Waals surface area (Å²) in [7, 11) is 0.